The van der Waals surface area contributed by atoms with Gasteiger partial charge in [-0.1, -0.05) is 5.16 Å². The highest BCUT2D eigenvalue weighted by Gasteiger charge is 2.39. The fraction of sp³-hybridized carbons (Fsp3) is 0.524. The van der Waals surface area contributed by atoms with E-state index in [-0.39, 0.29) is 6.04 Å². The van der Waals surface area contributed by atoms with Crippen LogP contribution in [0.15, 0.2) is 15.8 Å². The first kappa shape index (κ1) is 18.3. The van der Waals surface area contributed by atoms with Crippen molar-refractivity contribution in [2.24, 2.45) is 4.99 Å². The highest BCUT2D eigenvalue weighted by Crippen LogP contribution is 2.50. The van der Waals surface area contributed by atoms with Crippen molar-refractivity contribution in [3.8, 4) is 11.3 Å². The van der Waals surface area contributed by atoms with E-state index in [1.165, 1.54) is 0 Å². The smallest absolute Gasteiger partial charge is 0.167 e. The molecular formula is C21H26N6O2. The molecule has 8 heteroatoms. The van der Waals surface area contributed by atoms with Crippen LogP contribution in [0.5, 0.6) is 0 Å². The molecule has 0 aliphatic heterocycles. The van der Waals surface area contributed by atoms with Crippen molar-refractivity contribution in [2.45, 2.75) is 57.6 Å². The number of aliphatic hydroxyl groups is 1. The zero-order valence-electron chi connectivity index (χ0n) is 17.3. The van der Waals surface area contributed by atoms with Crippen LogP contribution in [-0.2, 0) is 6.42 Å². The summed E-state index contributed by atoms with van der Waals surface area (Å²) in [6, 6.07) is 0.204. The van der Waals surface area contributed by atoms with E-state index >= 15 is 0 Å². The normalized spacial score (nSPS) is 19.0. The van der Waals surface area contributed by atoms with E-state index in [9.17, 15) is 5.11 Å². The summed E-state index contributed by atoms with van der Waals surface area (Å²) in [4.78, 5) is 15.6. The van der Waals surface area contributed by atoms with Gasteiger partial charge < -0.3 is 19.1 Å². The molecular weight excluding hydrogens is 368 g/mol. The van der Waals surface area contributed by atoms with Gasteiger partial charge in [-0.25, -0.2) is 15.0 Å². The van der Waals surface area contributed by atoms with Gasteiger partial charge >= 0.3 is 0 Å². The van der Waals surface area contributed by atoms with Gasteiger partial charge in [0, 0.05) is 37.3 Å². The molecule has 0 bridgehead atoms. The topological polar surface area (TPSA) is 92.6 Å². The van der Waals surface area contributed by atoms with Gasteiger partial charge in [-0.15, -0.1) is 0 Å². The Hall–Kier alpha value is -2.74. The predicted molar refractivity (Wildman–Crippen MR) is 111 cm³/mol. The minimum Gasteiger partial charge on any atom is -0.388 e. The van der Waals surface area contributed by atoms with E-state index in [0.717, 1.165) is 58.6 Å². The van der Waals surface area contributed by atoms with Gasteiger partial charge in [-0.2, -0.15) is 0 Å². The monoisotopic (exact) mass is 394 g/mol. The Morgan fingerprint density at radius 2 is 2.07 bits per heavy atom. The third-order valence-corrected chi connectivity index (χ3v) is 5.72. The number of rotatable bonds is 4. The molecule has 8 nitrogen and oxygen atoms in total. The van der Waals surface area contributed by atoms with E-state index in [0.29, 0.717) is 18.2 Å². The van der Waals surface area contributed by atoms with Gasteiger partial charge in [0.25, 0.3) is 0 Å². The van der Waals surface area contributed by atoms with Crippen molar-refractivity contribution in [2.75, 3.05) is 14.1 Å². The van der Waals surface area contributed by atoms with E-state index in [1.807, 2.05) is 19.0 Å². The molecule has 29 heavy (non-hydrogen) atoms. The molecule has 1 unspecified atom stereocenters. The minimum absolute atomic E-state index is 0.204. The number of nitrogens with zero attached hydrogens (tertiary/aromatic N) is 6. The standard InChI is InChI=1S/C21H26N6O2/c1-11(2)27-13-7-8-14(28)16-18(25-29-19(16)12-5-6-12)15(13)17-20(24-10-26(3)4)22-9-23-21(17)27/h9-12,14,28H,5-8H2,1-4H3/b24-10+. The first-order chi connectivity index (χ1) is 14.0. The summed E-state index contributed by atoms with van der Waals surface area (Å²) in [5, 5.41) is 16.3. The summed E-state index contributed by atoms with van der Waals surface area (Å²) in [5.74, 6) is 1.84. The second-order valence-electron chi connectivity index (χ2n) is 8.53. The number of aromatic nitrogens is 4. The number of aliphatic hydroxyl groups excluding tert-OH is 1. The largest absolute Gasteiger partial charge is 0.388 e. The summed E-state index contributed by atoms with van der Waals surface area (Å²) < 4.78 is 8.00. The summed E-state index contributed by atoms with van der Waals surface area (Å²) in [6.07, 6.45) is 6.29. The lowest BCUT2D eigenvalue weighted by molar-refractivity contribution is 0.165. The van der Waals surface area contributed by atoms with Gasteiger partial charge in [0.15, 0.2) is 5.82 Å². The molecule has 0 spiro atoms. The van der Waals surface area contributed by atoms with Gasteiger partial charge in [-0.05, 0) is 39.5 Å². The molecule has 152 valence electrons. The lowest BCUT2D eigenvalue weighted by Crippen LogP contribution is -2.08. The summed E-state index contributed by atoms with van der Waals surface area (Å²) >= 11 is 0. The molecule has 0 radical (unpaired) electrons. The van der Waals surface area contributed by atoms with Gasteiger partial charge in [0.05, 0.1) is 23.4 Å². The van der Waals surface area contributed by atoms with Crippen molar-refractivity contribution in [1.82, 2.24) is 24.6 Å². The third kappa shape index (κ3) is 2.85. The summed E-state index contributed by atoms with van der Waals surface area (Å²) in [5.41, 5.74) is 4.50. The third-order valence-electron chi connectivity index (χ3n) is 5.72. The number of aliphatic imine (C=N–C) groups is 1. The quantitative estimate of drug-likeness (QED) is 0.535. The summed E-state index contributed by atoms with van der Waals surface area (Å²) in [6.45, 7) is 4.29. The van der Waals surface area contributed by atoms with Crippen LogP contribution in [0.3, 0.4) is 0 Å². The van der Waals surface area contributed by atoms with Gasteiger partial charge in [-0.3, -0.25) is 0 Å². The van der Waals surface area contributed by atoms with Crippen molar-refractivity contribution in [1.29, 1.82) is 0 Å². The molecule has 2 aliphatic carbocycles. The maximum absolute atomic E-state index is 10.9. The average molecular weight is 394 g/mol. The van der Waals surface area contributed by atoms with Crippen molar-refractivity contribution in [3.05, 3.63) is 23.3 Å². The SMILES string of the molecule is CC(C)n1c2c(c3c(/N=C/N(C)C)ncnc31)-c1noc(C3CC3)c1C(O)CC2. The Labute approximate surface area is 169 Å². The Balaban J connectivity index is 1.85. The molecule has 5 rings (SSSR count). The predicted octanol–water partition coefficient (Wildman–Crippen LogP) is 3.75. The van der Waals surface area contributed by atoms with Crippen LogP contribution in [-0.4, -0.2) is 50.1 Å². The summed E-state index contributed by atoms with van der Waals surface area (Å²) in [7, 11) is 3.85. The second kappa shape index (κ2) is 6.66. The van der Waals surface area contributed by atoms with Crippen LogP contribution in [0.2, 0.25) is 0 Å². The lowest BCUT2D eigenvalue weighted by atomic mass is 10.0. The molecule has 0 saturated heterocycles. The molecule has 3 aromatic rings. The molecule has 1 fully saturated rings. The molecule has 2 aliphatic rings. The molecule has 3 aromatic heterocycles. The zero-order chi connectivity index (χ0) is 20.3. The van der Waals surface area contributed by atoms with Crippen LogP contribution < -0.4 is 0 Å². The van der Waals surface area contributed by atoms with Gasteiger partial charge in [0.1, 0.15) is 23.4 Å². The van der Waals surface area contributed by atoms with Crippen LogP contribution in [0, 0.1) is 0 Å². The van der Waals surface area contributed by atoms with Crippen LogP contribution >= 0.6 is 0 Å². The van der Waals surface area contributed by atoms with Gasteiger partial charge in [0.2, 0.25) is 0 Å². The first-order valence-corrected chi connectivity index (χ1v) is 10.2. The van der Waals surface area contributed by atoms with E-state index in [2.05, 4.69) is 38.5 Å². The van der Waals surface area contributed by atoms with Crippen molar-refractivity contribution in [3.63, 3.8) is 0 Å². The molecule has 1 N–H and O–H groups in total. The molecule has 0 amide bonds. The van der Waals surface area contributed by atoms with E-state index in [4.69, 9.17) is 4.52 Å². The second-order valence-corrected chi connectivity index (χ2v) is 8.53. The fourth-order valence-corrected chi connectivity index (χ4v) is 4.36. The molecule has 1 atom stereocenters. The van der Waals surface area contributed by atoms with Crippen LogP contribution in [0.4, 0.5) is 5.82 Å². The average Bonchev–Trinajstić information content (AvgIpc) is 3.37. The lowest BCUT2D eigenvalue weighted by Gasteiger charge is -2.14. The highest BCUT2D eigenvalue weighted by atomic mass is 16.5. The Morgan fingerprint density at radius 3 is 2.76 bits per heavy atom. The first-order valence-electron chi connectivity index (χ1n) is 10.2. The Bertz CT molecular complexity index is 1110. The van der Waals surface area contributed by atoms with Crippen molar-refractivity contribution >= 4 is 23.2 Å². The van der Waals surface area contributed by atoms with Crippen molar-refractivity contribution < 1.29 is 9.63 Å². The Kier molecular flexibility index (Phi) is 4.20. The number of hydrogen-bond donors (Lipinski definition) is 1. The van der Waals surface area contributed by atoms with Crippen LogP contribution in [0.25, 0.3) is 22.3 Å². The molecule has 3 heterocycles. The minimum atomic E-state index is -0.576. The van der Waals surface area contributed by atoms with E-state index in [1.54, 1.807) is 12.7 Å². The zero-order valence-corrected chi connectivity index (χ0v) is 17.3. The number of fused-ring (bicyclic) bond motifs is 5. The number of hydrogen-bond acceptors (Lipinski definition) is 6. The van der Waals surface area contributed by atoms with Crippen LogP contribution in [0.1, 0.15) is 68.2 Å². The highest BCUT2D eigenvalue weighted by molar-refractivity contribution is 6.03. The molecule has 1 saturated carbocycles. The van der Waals surface area contributed by atoms with E-state index < -0.39 is 6.10 Å². The Morgan fingerprint density at radius 1 is 1.28 bits per heavy atom. The molecule has 0 aromatic carbocycles. The maximum atomic E-state index is 10.9. The maximum Gasteiger partial charge on any atom is 0.167 e. The fourth-order valence-electron chi connectivity index (χ4n) is 4.36.